The Morgan fingerprint density at radius 3 is 2.47 bits per heavy atom. The third-order valence-electron chi connectivity index (χ3n) is 7.88. The number of nitrogens with one attached hydrogen (secondary N) is 1. The molecule has 2 aromatic heterocycles. The molecular weight excluding hydrogens is 556 g/mol. The van der Waals surface area contributed by atoms with E-state index in [4.69, 9.17) is 24.2 Å². The van der Waals surface area contributed by atoms with Gasteiger partial charge in [0.2, 0.25) is 5.78 Å². The highest BCUT2D eigenvalue weighted by molar-refractivity contribution is 6.10. The standard InChI is InChI=1S/C31H42N4O8/c1-8-41-16-23-33-24-25(35(23)15-17(2)36)20-11-9-10-12-22(20)32-27(24)34-28(39)19(4)42-31(7)14-13-21(31)29(40)43-30(5,6)26(38)18(3)37/h9-12,17-19,21,36-37H,8,13-16H2,1-7H3,(H,32,34,39). The zero-order valence-corrected chi connectivity index (χ0v) is 25.8. The summed E-state index contributed by atoms with van der Waals surface area (Å²) < 4.78 is 19.2. The molecule has 1 aliphatic carbocycles. The second-order valence-corrected chi connectivity index (χ2v) is 11.9. The maximum Gasteiger partial charge on any atom is 0.312 e. The molecule has 0 aliphatic heterocycles. The van der Waals surface area contributed by atoms with E-state index in [2.05, 4.69) is 5.32 Å². The van der Waals surface area contributed by atoms with Crippen LogP contribution in [0, 0.1) is 5.92 Å². The number of pyridine rings is 1. The number of benzene rings is 1. The van der Waals surface area contributed by atoms with Crippen molar-refractivity contribution < 1.29 is 38.8 Å². The molecule has 43 heavy (non-hydrogen) atoms. The smallest absolute Gasteiger partial charge is 0.312 e. The Balaban J connectivity index is 1.58. The predicted octanol–water partition coefficient (Wildman–Crippen LogP) is 3.29. The third-order valence-corrected chi connectivity index (χ3v) is 7.88. The van der Waals surface area contributed by atoms with E-state index in [0.717, 1.165) is 5.39 Å². The van der Waals surface area contributed by atoms with Crippen molar-refractivity contribution in [1.29, 1.82) is 0 Å². The average Bonchev–Trinajstić information content (AvgIpc) is 3.28. The summed E-state index contributed by atoms with van der Waals surface area (Å²) in [6.45, 7) is 12.1. The fourth-order valence-corrected chi connectivity index (χ4v) is 5.49. The highest BCUT2D eigenvalue weighted by Gasteiger charge is 2.52. The van der Waals surface area contributed by atoms with Crippen molar-refractivity contribution in [2.45, 2.75) is 104 Å². The molecule has 4 rings (SSSR count). The summed E-state index contributed by atoms with van der Waals surface area (Å²) in [5, 5.41) is 23.6. The number of carbonyl (C=O) groups is 3. The number of ether oxygens (including phenoxy) is 3. The van der Waals surface area contributed by atoms with Gasteiger partial charge in [-0.05, 0) is 67.4 Å². The lowest BCUT2D eigenvalue weighted by Gasteiger charge is -2.46. The number of anilines is 1. The van der Waals surface area contributed by atoms with Crippen LogP contribution in [0.25, 0.3) is 21.9 Å². The largest absolute Gasteiger partial charge is 0.451 e. The molecule has 12 nitrogen and oxygen atoms in total. The molecule has 3 aromatic rings. The molecule has 1 aliphatic rings. The predicted molar refractivity (Wildman–Crippen MR) is 159 cm³/mol. The highest BCUT2D eigenvalue weighted by Crippen LogP contribution is 2.44. The van der Waals surface area contributed by atoms with E-state index in [9.17, 15) is 24.6 Å². The summed E-state index contributed by atoms with van der Waals surface area (Å²) in [6.07, 6.45) is -1.93. The minimum Gasteiger partial charge on any atom is -0.451 e. The molecule has 2 heterocycles. The van der Waals surface area contributed by atoms with Gasteiger partial charge in [0.1, 0.15) is 30.2 Å². The van der Waals surface area contributed by atoms with Gasteiger partial charge in [-0.3, -0.25) is 14.4 Å². The molecule has 1 fully saturated rings. The summed E-state index contributed by atoms with van der Waals surface area (Å²) in [5.74, 6) is -1.56. The number of rotatable bonds is 13. The van der Waals surface area contributed by atoms with Gasteiger partial charge in [-0.1, -0.05) is 18.2 Å². The lowest BCUT2D eigenvalue weighted by atomic mass is 9.70. The number of aliphatic hydroxyl groups excluding tert-OH is 2. The third kappa shape index (κ3) is 6.72. The van der Waals surface area contributed by atoms with Gasteiger partial charge in [-0.25, -0.2) is 9.97 Å². The molecular formula is C31H42N4O8. The number of ketones is 1. The van der Waals surface area contributed by atoms with Gasteiger partial charge in [0.05, 0.1) is 35.2 Å². The van der Waals surface area contributed by atoms with Gasteiger partial charge in [-0.15, -0.1) is 0 Å². The zero-order valence-electron chi connectivity index (χ0n) is 25.8. The first kappa shape index (κ1) is 32.5. The molecule has 234 valence electrons. The van der Waals surface area contributed by atoms with Gasteiger partial charge in [0.25, 0.3) is 5.91 Å². The normalized spacial score (nSPS) is 20.8. The first-order valence-corrected chi connectivity index (χ1v) is 14.7. The number of nitrogens with zero attached hydrogens (tertiary/aromatic N) is 3. The lowest BCUT2D eigenvalue weighted by molar-refractivity contribution is -0.202. The molecule has 3 N–H and O–H groups in total. The molecule has 12 heteroatoms. The molecule has 5 atom stereocenters. The number of amides is 1. The maximum absolute atomic E-state index is 13.5. The topological polar surface area (TPSA) is 162 Å². The zero-order chi connectivity index (χ0) is 31.7. The number of esters is 1. The van der Waals surface area contributed by atoms with Crippen molar-refractivity contribution in [2.75, 3.05) is 11.9 Å². The summed E-state index contributed by atoms with van der Waals surface area (Å²) >= 11 is 0. The number of hydrogen-bond acceptors (Lipinski definition) is 10. The lowest BCUT2D eigenvalue weighted by Crippen LogP contribution is -2.56. The van der Waals surface area contributed by atoms with Crippen molar-refractivity contribution in [1.82, 2.24) is 14.5 Å². The molecule has 0 radical (unpaired) electrons. The molecule has 0 bridgehead atoms. The van der Waals surface area contributed by atoms with Crippen molar-refractivity contribution >= 4 is 45.4 Å². The number of imidazole rings is 1. The first-order valence-electron chi connectivity index (χ1n) is 14.7. The van der Waals surface area contributed by atoms with Gasteiger partial charge < -0.3 is 34.3 Å². The van der Waals surface area contributed by atoms with E-state index >= 15 is 0 Å². The maximum atomic E-state index is 13.5. The summed E-state index contributed by atoms with van der Waals surface area (Å²) in [5.41, 5.74) is -0.690. The Bertz CT molecular complexity index is 1510. The van der Waals surface area contributed by atoms with Crippen LogP contribution < -0.4 is 5.32 Å². The number of carbonyl (C=O) groups excluding carboxylic acids is 3. The summed E-state index contributed by atoms with van der Waals surface area (Å²) in [6, 6.07) is 7.49. The van der Waals surface area contributed by atoms with Crippen LogP contribution in [0.1, 0.15) is 67.1 Å². The van der Waals surface area contributed by atoms with E-state index in [-0.39, 0.29) is 19.0 Å². The van der Waals surface area contributed by atoms with Gasteiger partial charge in [0, 0.05) is 12.0 Å². The second kappa shape index (κ2) is 12.7. The van der Waals surface area contributed by atoms with Crippen molar-refractivity contribution in [3.8, 4) is 0 Å². The molecule has 1 amide bonds. The Hall–Kier alpha value is -3.45. The minimum atomic E-state index is -1.50. The Kier molecular flexibility index (Phi) is 9.55. The van der Waals surface area contributed by atoms with Gasteiger partial charge in [-0.2, -0.15) is 0 Å². The van der Waals surface area contributed by atoms with E-state index in [1.54, 1.807) is 20.8 Å². The molecule has 0 saturated heterocycles. The first-order chi connectivity index (χ1) is 20.2. The number of aromatic nitrogens is 3. The van der Waals surface area contributed by atoms with Crippen molar-refractivity contribution in [3.05, 3.63) is 30.1 Å². The SMILES string of the molecule is CCOCc1nc2c(NC(=O)C(C)OC3(C)CCC3C(=O)OC(C)(C)C(=O)C(C)O)nc3ccccc3c2n1CC(C)O. The average molecular weight is 599 g/mol. The molecule has 0 spiro atoms. The van der Waals surface area contributed by atoms with Gasteiger partial charge >= 0.3 is 5.97 Å². The van der Waals surface area contributed by atoms with E-state index in [1.165, 1.54) is 20.8 Å². The van der Waals surface area contributed by atoms with Crippen LogP contribution in [0.3, 0.4) is 0 Å². The number of aliphatic hydroxyl groups is 2. The van der Waals surface area contributed by atoms with Gasteiger partial charge in [0.15, 0.2) is 11.4 Å². The summed E-state index contributed by atoms with van der Waals surface area (Å²) in [4.78, 5) is 48.2. The van der Waals surface area contributed by atoms with Crippen LogP contribution in [0.5, 0.6) is 0 Å². The fourth-order valence-electron chi connectivity index (χ4n) is 5.49. The van der Waals surface area contributed by atoms with Crippen molar-refractivity contribution in [2.24, 2.45) is 5.92 Å². The van der Waals surface area contributed by atoms with E-state index < -0.39 is 53.1 Å². The second-order valence-electron chi connectivity index (χ2n) is 11.9. The quantitative estimate of drug-likeness (QED) is 0.249. The highest BCUT2D eigenvalue weighted by atomic mass is 16.6. The minimum absolute atomic E-state index is 0.217. The monoisotopic (exact) mass is 598 g/mol. The molecule has 5 unspecified atom stereocenters. The van der Waals surface area contributed by atoms with Crippen LogP contribution in [0.4, 0.5) is 5.82 Å². The molecule has 1 aromatic carbocycles. The van der Waals surface area contributed by atoms with Crippen molar-refractivity contribution in [3.63, 3.8) is 0 Å². The van der Waals surface area contributed by atoms with Crippen LogP contribution in [-0.2, 0) is 41.7 Å². The number of Topliss-reactive ketones (excluding diaryl/α,β-unsaturated/α-hetero) is 1. The van der Waals surface area contributed by atoms with Crippen LogP contribution >= 0.6 is 0 Å². The van der Waals surface area contributed by atoms with Crippen LogP contribution in [0.2, 0.25) is 0 Å². The van der Waals surface area contributed by atoms with Crippen LogP contribution in [-0.4, -0.2) is 78.5 Å². The Labute approximate surface area is 250 Å². The fraction of sp³-hybridized carbons (Fsp3) is 0.581. The number of para-hydroxylation sites is 1. The Morgan fingerprint density at radius 2 is 1.86 bits per heavy atom. The number of fused-ring (bicyclic) bond motifs is 3. The van der Waals surface area contributed by atoms with Crippen LogP contribution in [0.15, 0.2) is 24.3 Å². The van der Waals surface area contributed by atoms with E-state index in [1.807, 2.05) is 35.8 Å². The Morgan fingerprint density at radius 1 is 1.16 bits per heavy atom. The number of hydrogen-bond donors (Lipinski definition) is 3. The summed E-state index contributed by atoms with van der Waals surface area (Å²) in [7, 11) is 0. The van der Waals surface area contributed by atoms with E-state index in [0.29, 0.717) is 41.8 Å². The molecule has 1 saturated carbocycles.